The van der Waals surface area contributed by atoms with Gasteiger partial charge in [-0.1, -0.05) is 41.9 Å². The molecule has 0 saturated carbocycles. The van der Waals surface area contributed by atoms with Gasteiger partial charge < -0.3 is 14.5 Å². The summed E-state index contributed by atoms with van der Waals surface area (Å²) in [4.78, 5) is 11.9. The summed E-state index contributed by atoms with van der Waals surface area (Å²) < 4.78 is 11.0. The molecule has 0 atom stereocenters. The van der Waals surface area contributed by atoms with Gasteiger partial charge in [0.25, 0.3) is 0 Å². The molecule has 2 aromatic carbocycles. The van der Waals surface area contributed by atoms with Crippen molar-refractivity contribution in [1.82, 2.24) is 5.32 Å². The molecule has 0 bridgehead atoms. The van der Waals surface area contributed by atoms with Crippen molar-refractivity contribution in [2.45, 2.75) is 6.42 Å². The Morgan fingerprint density at radius 3 is 2.80 bits per heavy atom. The molecule has 25 heavy (non-hydrogen) atoms. The quantitative estimate of drug-likeness (QED) is 0.664. The molecule has 128 valence electrons. The topological polar surface area (TPSA) is 51.5 Å². The summed E-state index contributed by atoms with van der Waals surface area (Å²) in [7, 11) is 1.56. The third kappa shape index (κ3) is 4.43. The summed E-state index contributed by atoms with van der Waals surface area (Å²) in [5, 5.41) is 4.25. The second-order valence-electron chi connectivity index (χ2n) is 5.54. The highest BCUT2D eigenvalue weighted by Crippen LogP contribution is 2.32. The van der Waals surface area contributed by atoms with Gasteiger partial charge in [-0.2, -0.15) is 0 Å². The van der Waals surface area contributed by atoms with Crippen LogP contribution < -0.4 is 10.1 Å². The number of rotatable bonds is 6. The van der Waals surface area contributed by atoms with Gasteiger partial charge in [0.15, 0.2) is 11.3 Å². The predicted molar refractivity (Wildman–Crippen MR) is 100.0 cm³/mol. The van der Waals surface area contributed by atoms with Gasteiger partial charge in [0.05, 0.1) is 7.11 Å². The molecule has 0 radical (unpaired) electrons. The maximum absolute atomic E-state index is 11.9. The maximum Gasteiger partial charge on any atom is 0.244 e. The zero-order chi connectivity index (χ0) is 17.6. The summed E-state index contributed by atoms with van der Waals surface area (Å²) in [6.45, 7) is 0.580. The summed E-state index contributed by atoms with van der Waals surface area (Å²) in [5.74, 6) is 0.963. The van der Waals surface area contributed by atoms with Gasteiger partial charge in [0.1, 0.15) is 5.76 Å². The number of ether oxygens (including phenoxy) is 1. The first-order chi connectivity index (χ1) is 12.2. The van der Waals surface area contributed by atoms with E-state index in [0.717, 1.165) is 11.8 Å². The third-order valence-corrected chi connectivity index (χ3v) is 3.96. The summed E-state index contributed by atoms with van der Waals surface area (Å²) in [6, 6.07) is 15.3. The monoisotopic (exact) mass is 355 g/mol. The van der Waals surface area contributed by atoms with Crippen LogP contribution in [0, 0.1) is 0 Å². The van der Waals surface area contributed by atoms with Gasteiger partial charge in [-0.25, -0.2) is 0 Å². The molecule has 0 saturated heterocycles. The Labute approximate surface area is 151 Å². The molecular formula is C20H18ClNO3. The van der Waals surface area contributed by atoms with E-state index in [1.165, 1.54) is 11.6 Å². The van der Waals surface area contributed by atoms with E-state index in [1.807, 2.05) is 36.4 Å². The Morgan fingerprint density at radius 1 is 1.24 bits per heavy atom. The highest BCUT2D eigenvalue weighted by molar-refractivity contribution is 6.31. The van der Waals surface area contributed by atoms with Crippen molar-refractivity contribution in [3.8, 4) is 5.75 Å². The number of carbonyl (C=O) groups is 1. The van der Waals surface area contributed by atoms with Crippen molar-refractivity contribution in [3.05, 3.63) is 71.0 Å². The van der Waals surface area contributed by atoms with E-state index in [4.69, 9.17) is 20.8 Å². The number of amides is 1. The lowest BCUT2D eigenvalue weighted by molar-refractivity contribution is -0.116. The smallest absolute Gasteiger partial charge is 0.244 e. The van der Waals surface area contributed by atoms with Crippen LogP contribution in [-0.4, -0.2) is 19.6 Å². The van der Waals surface area contributed by atoms with Crippen LogP contribution in [0.1, 0.15) is 11.3 Å². The van der Waals surface area contributed by atoms with Gasteiger partial charge in [-0.15, -0.1) is 0 Å². The maximum atomic E-state index is 11.9. The molecule has 0 aliphatic heterocycles. The van der Waals surface area contributed by atoms with Crippen molar-refractivity contribution < 1.29 is 13.9 Å². The largest absolute Gasteiger partial charge is 0.493 e. The lowest BCUT2D eigenvalue weighted by Gasteiger charge is -2.02. The summed E-state index contributed by atoms with van der Waals surface area (Å²) in [5.41, 5.74) is 1.80. The van der Waals surface area contributed by atoms with E-state index in [-0.39, 0.29) is 5.91 Å². The molecule has 4 nitrogen and oxygen atoms in total. The lowest BCUT2D eigenvalue weighted by atomic mass is 10.1. The molecule has 5 heteroatoms. The summed E-state index contributed by atoms with van der Waals surface area (Å²) >= 11 is 6.04. The van der Waals surface area contributed by atoms with Crippen LogP contribution in [0.25, 0.3) is 17.0 Å². The molecule has 1 heterocycles. The molecule has 0 aliphatic rings. The first kappa shape index (κ1) is 17.1. The minimum absolute atomic E-state index is 0.165. The molecule has 0 spiro atoms. The van der Waals surface area contributed by atoms with Gasteiger partial charge in [-0.3, -0.25) is 4.79 Å². The number of halogens is 1. The number of benzene rings is 2. The number of nitrogens with one attached hydrogen (secondary N) is 1. The minimum atomic E-state index is -0.165. The molecule has 1 amide bonds. The Balaban J connectivity index is 1.61. The molecule has 0 unspecified atom stereocenters. The standard InChI is InChI=1S/C20H18ClNO3/c1-24-18-13-16(21)11-15-12-17(25-20(15)18)7-8-19(23)22-10-9-14-5-3-2-4-6-14/h2-8,11-13H,9-10H2,1H3,(H,22,23)/b8-7+. The highest BCUT2D eigenvalue weighted by Gasteiger charge is 2.09. The SMILES string of the molecule is COc1cc(Cl)cc2cc(/C=C/C(=O)NCCc3ccccc3)oc12. The number of hydrogen-bond acceptors (Lipinski definition) is 3. The third-order valence-electron chi connectivity index (χ3n) is 3.74. The number of hydrogen-bond donors (Lipinski definition) is 1. The van der Waals surface area contributed by atoms with Crippen molar-refractivity contribution in [1.29, 1.82) is 0 Å². The Bertz CT molecular complexity index is 900. The van der Waals surface area contributed by atoms with Crippen molar-refractivity contribution in [2.75, 3.05) is 13.7 Å². The fourth-order valence-electron chi connectivity index (χ4n) is 2.53. The minimum Gasteiger partial charge on any atom is -0.493 e. The van der Waals surface area contributed by atoms with Crippen LogP contribution in [0.15, 0.2) is 59.0 Å². The molecule has 0 fully saturated rings. The van der Waals surface area contributed by atoms with E-state index >= 15 is 0 Å². The van der Waals surface area contributed by atoms with Gasteiger partial charge in [-0.05, 0) is 30.2 Å². The number of fused-ring (bicyclic) bond motifs is 1. The normalized spacial score (nSPS) is 11.1. The van der Waals surface area contributed by atoms with Crippen LogP contribution in [0.2, 0.25) is 5.02 Å². The number of methoxy groups -OCH3 is 1. The fourth-order valence-corrected chi connectivity index (χ4v) is 2.75. The molecule has 0 aliphatic carbocycles. The second-order valence-corrected chi connectivity index (χ2v) is 5.97. The zero-order valence-electron chi connectivity index (χ0n) is 13.8. The van der Waals surface area contributed by atoms with Gasteiger partial charge in [0.2, 0.25) is 5.91 Å². The predicted octanol–water partition coefficient (Wildman–Crippen LogP) is 4.47. The number of carbonyl (C=O) groups excluding carboxylic acids is 1. The molecule has 1 aromatic heterocycles. The molecule has 1 N–H and O–H groups in total. The van der Waals surface area contributed by atoms with Crippen LogP contribution in [0.4, 0.5) is 0 Å². The molecule has 3 aromatic rings. The lowest BCUT2D eigenvalue weighted by Crippen LogP contribution is -2.23. The average molecular weight is 356 g/mol. The van der Waals surface area contributed by atoms with Crippen LogP contribution >= 0.6 is 11.6 Å². The van der Waals surface area contributed by atoms with E-state index in [1.54, 1.807) is 25.3 Å². The molecule has 3 rings (SSSR count). The highest BCUT2D eigenvalue weighted by atomic mass is 35.5. The van der Waals surface area contributed by atoms with Crippen LogP contribution in [0.3, 0.4) is 0 Å². The Hall–Kier alpha value is -2.72. The molecular weight excluding hydrogens is 338 g/mol. The Kier molecular flexibility index (Phi) is 5.41. The van der Waals surface area contributed by atoms with E-state index in [2.05, 4.69) is 5.32 Å². The van der Waals surface area contributed by atoms with Crippen LogP contribution in [0.5, 0.6) is 5.75 Å². The second kappa shape index (κ2) is 7.90. The van der Waals surface area contributed by atoms with Crippen LogP contribution in [-0.2, 0) is 11.2 Å². The fraction of sp³-hybridized carbons (Fsp3) is 0.150. The van der Waals surface area contributed by atoms with E-state index < -0.39 is 0 Å². The summed E-state index contributed by atoms with van der Waals surface area (Å²) in [6.07, 6.45) is 3.88. The van der Waals surface area contributed by atoms with Crippen molar-refractivity contribution >= 4 is 34.6 Å². The van der Waals surface area contributed by atoms with Crippen molar-refractivity contribution in [3.63, 3.8) is 0 Å². The van der Waals surface area contributed by atoms with Gasteiger partial charge >= 0.3 is 0 Å². The van der Waals surface area contributed by atoms with E-state index in [9.17, 15) is 4.79 Å². The first-order valence-corrected chi connectivity index (χ1v) is 8.30. The van der Waals surface area contributed by atoms with Crippen molar-refractivity contribution in [2.24, 2.45) is 0 Å². The van der Waals surface area contributed by atoms with E-state index in [0.29, 0.717) is 28.7 Å². The Morgan fingerprint density at radius 2 is 2.04 bits per heavy atom. The zero-order valence-corrected chi connectivity index (χ0v) is 14.5. The van der Waals surface area contributed by atoms with Gasteiger partial charge in [0, 0.05) is 29.1 Å². The first-order valence-electron chi connectivity index (χ1n) is 7.92. The average Bonchev–Trinajstić information content (AvgIpc) is 3.03. The number of furan rings is 1.